The zero-order valence-corrected chi connectivity index (χ0v) is 11.8. The molecule has 2 N–H and O–H groups in total. The molecule has 0 atom stereocenters. The SMILES string of the molecule is COc1ccc(Sc2cccc(CN)c2)cc1.Cl. The number of benzene rings is 2. The molecular weight excluding hydrogens is 266 g/mol. The predicted molar refractivity (Wildman–Crippen MR) is 78.7 cm³/mol. The van der Waals surface area contributed by atoms with Gasteiger partial charge in [-0.3, -0.25) is 0 Å². The molecule has 0 spiro atoms. The van der Waals surface area contributed by atoms with Crippen molar-refractivity contribution < 1.29 is 4.74 Å². The Labute approximate surface area is 118 Å². The van der Waals surface area contributed by atoms with Crippen LogP contribution in [-0.2, 0) is 6.54 Å². The van der Waals surface area contributed by atoms with E-state index in [1.165, 1.54) is 9.79 Å². The summed E-state index contributed by atoms with van der Waals surface area (Å²) < 4.78 is 5.13. The smallest absolute Gasteiger partial charge is 0.118 e. The molecule has 2 rings (SSSR count). The third-order valence-electron chi connectivity index (χ3n) is 2.43. The van der Waals surface area contributed by atoms with Crippen LogP contribution in [0.5, 0.6) is 5.75 Å². The van der Waals surface area contributed by atoms with E-state index >= 15 is 0 Å². The monoisotopic (exact) mass is 281 g/mol. The lowest BCUT2D eigenvalue weighted by atomic mass is 10.2. The highest BCUT2D eigenvalue weighted by molar-refractivity contribution is 7.99. The second kappa shape index (κ2) is 7.31. The quantitative estimate of drug-likeness (QED) is 0.927. The van der Waals surface area contributed by atoms with Crippen LogP contribution >= 0.6 is 24.2 Å². The number of nitrogens with two attached hydrogens (primary N) is 1. The molecule has 0 bridgehead atoms. The first-order valence-electron chi connectivity index (χ1n) is 5.43. The largest absolute Gasteiger partial charge is 0.497 e. The summed E-state index contributed by atoms with van der Waals surface area (Å²) in [7, 11) is 1.67. The number of halogens is 1. The molecule has 0 amide bonds. The topological polar surface area (TPSA) is 35.2 Å². The van der Waals surface area contributed by atoms with Gasteiger partial charge in [0.15, 0.2) is 0 Å². The summed E-state index contributed by atoms with van der Waals surface area (Å²) in [4.78, 5) is 2.40. The Balaban J connectivity index is 0.00000162. The fourth-order valence-corrected chi connectivity index (χ4v) is 2.42. The second-order valence-electron chi connectivity index (χ2n) is 3.63. The van der Waals surface area contributed by atoms with Crippen LogP contribution in [0.4, 0.5) is 0 Å². The molecule has 18 heavy (non-hydrogen) atoms. The van der Waals surface area contributed by atoms with Gasteiger partial charge in [0.25, 0.3) is 0 Å². The Bertz CT molecular complexity index is 487. The van der Waals surface area contributed by atoms with Gasteiger partial charge in [-0.05, 0) is 42.0 Å². The average Bonchev–Trinajstić information content (AvgIpc) is 2.40. The van der Waals surface area contributed by atoms with Gasteiger partial charge in [-0.15, -0.1) is 12.4 Å². The van der Waals surface area contributed by atoms with Crippen LogP contribution in [-0.4, -0.2) is 7.11 Å². The lowest BCUT2D eigenvalue weighted by Gasteiger charge is -2.05. The molecular formula is C14H16ClNOS. The third kappa shape index (κ3) is 3.95. The fraction of sp³-hybridized carbons (Fsp3) is 0.143. The van der Waals surface area contributed by atoms with Crippen LogP contribution in [0.1, 0.15) is 5.56 Å². The second-order valence-corrected chi connectivity index (χ2v) is 4.78. The molecule has 0 aliphatic rings. The first kappa shape index (κ1) is 14.9. The van der Waals surface area contributed by atoms with E-state index in [1.54, 1.807) is 18.9 Å². The van der Waals surface area contributed by atoms with Crippen LogP contribution in [0.15, 0.2) is 58.3 Å². The highest BCUT2D eigenvalue weighted by Crippen LogP contribution is 2.29. The maximum Gasteiger partial charge on any atom is 0.118 e. The molecule has 2 nitrogen and oxygen atoms in total. The van der Waals surface area contributed by atoms with Gasteiger partial charge in [-0.2, -0.15) is 0 Å². The number of ether oxygens (including phenoxy) is 1. The van der Waals surface area contributed by atoms with Crippen molar-refractivity contribution in [1.29, 1.82) is 0 Å². The first-order chi connectivity index (χ1) is 8.31. The summed E-state index contributed by atoms with van der Waals surface area (Å²) in [6.07, 6.45) is 0. The molecule has 0 aliphatic carbocycles. The molecule has 0 fully saturated rings. The zero-order valence-electron chi connectivity index (χ0n) is 10.1. The normalized spacial score (nSPS) is 9.67. The lowest BCUT2D eigenvalue weighted by Crippen LogP contribution is -1.95. The third-order valence-corrected chi connectivity index (χ3v) is 3.43. The lowest BCUT2D eigenvalue weighted by molar-refractivity contribution is 0.414. The Kier molecular flexibility index (Phi) is 6.05. The molecule has 0 unspecified atom stereocenters. The first-order valence-corrected chi connectivity index (χ1v) is 6.24. The highest BCUT2D eigenvalue weighted by Gasteiger charge is 1.99. The van der Waals surface area contributed by atoms with Gasteiger partial charge in [-0.1, -0.05) is 23.9 Å². The van der Waals surface area contributed by atoms with Crippen LogP contribution in [0.3, 0.4) is 0 Å². The number of methoxy groups -OCH3 is 1. The van der Waals surface area contributed by atoms with E-state index in [4.69, 9.17) is 10.5 Å². The minimum atomic E-state index is 0. The van der Waals surface area contributed by atoms with Gasteiger partial charge in [-0.25, -0.2) is 0 Å². The van der Waals surface area contributed by atoms with E-state index in [1.807, 2.05) is 24.3 Å². The molecule has 0 aromatic heterocycles. The van der Waals surface area contributed by atoms with Gasteiger partial charge in [0.2, 0.25) is 0 Å². The van der Waals surface area contributed by atoms with Crippen molar-refractivity contribution in [2.24, 2.45) is 5.73 Å². The molecule has 0 aliphatic heterocycles. The summed E-state index contributed by atoms with van der Waals surface area (Å²) in [5.74, 6) is 0.880. The van der Waals surface area contributed by atoms with Crippen molar-refractivity contribution in [2.45, 2.75) is 16.3 Å². The van der Waals surface area contributed by atoms with Crippen molar-refractivity contribution in [3.63, 3.8) is 0 Å². The Hall–Kier alpha value is -1.16. The van der Waals surface area contributed by atoms with Crippen LogP contribution in [0, 0.1) is 0 Å². The molecule has 4 heteroatoms. The van der Waals surface area contributed by atoms with Gasteiger partial charge < -0.3 is 10.5 Å². The number of rotatable bonds is 4. The van der Waals surface area contributed by atoms with Gasteiger partial charge in [0.1, 0.15) is 5.75 Å². The summed E-state index contributed by atoms with van der Waals surface area (Å²) in [5, 5.41) is 0. The summed E-state index contributed by atoms with van der Waals surface area (Å²) >= 11 is 1.73. The summed E-state index contributed by atoms with van der Waals surface area (Å²) in [6, 6.07) is 16.3. The number of hydrogen-bond donors (Lipinski definition) is 1. The van der Waals surface area contributed by atoms with E-state index in [2.05, 4.69) is 24.3 Å². The maximum atomic E-state index is 5.62. The minimum absolute atomic E-state index is 0. The minimum Gasteiger partial charge on any atom is -0.497 e. The predicted octanol–water partition coefficient (Wildman–Crippen LogP) is 3.73. The molecule has 2 aromatic carbocycles. The zero-order chi connectivity index (χ0) is 12.1. The molecule has 0 heterocycles. The van der Waals surface area contributed by atoms with E-state index in [9.17, 15) is 0 Å². The average molecular weight is 282 g/mol. The molecule has 2 aromatic rings. The maximum absolute atomic E-state index is 5.62. The molecule has 0 saturated carbocycles. The van der Waals surface area contributed by atoms with Crippen molar-refractivity contribution in [3.8, 4) is 5.75 Å². The fourth-order valence-electron chi connectivity index (χ4n) is 1.52. The van der Waals surface area contributed by atoms with E-state index in [0.717, 1.165) is 11.3 Å². The molecule has 0 saturated heterocycles. The van der Waals surface area contributed by atoms with Crippen molar-refractivity contribution in [1.82, 2.24) is 0 Å². The van der Waals surface area contributed by atoms with Crippen LogP contribution in [0.2, 0.25) is 0 Å². The van der Waals surface area contributed by atoms with E-state index in [-0.39, 0.29) is 12.4 Å². The highest BCUT2D eigenvalue weighted by atomic mass is 35.5. The molecule has 96 valence electrons. The molecule has 0 radical (unpaired) electrons. The Morgan fingerprint density at radius 2 is 1.78 bits per heavy atom. The van der Waals surface area contributed by atoms with Crippen LogP contribution < -0.4 is 10.5 Å². The van der Waals surface area contributed by atoms with Gasteiger partial charge in [0, 0.05) is 16.3 Å². The van der Waals surface area contributed by atoms with E-state index < -0.39 is 0 Å². The summed E-state index contributed by atoms with van der Waals surface area (Å²) in [6.45, 7) is 0.580. The summed E-state index contributed by atoms with van der Waals surface area (Å²) in [5.41, 5.74) is 6.78. The van der Waals surface area contributed by atoms with E-state index in [0.29, 0.717) is 6.54 Å². The van der Waals surface area contributed by atoms with Gasteiger partial charge in [0.05, 0.1) is 7.11 Å². The number of hydrogen-bond acceptors (Lipinski definition) is 3. The Morgan fingerprint density at radius 1 is 1.06 bits per heavy atom. The van der Waals surface area contributed by atoms with Crippen molar-refractivity contribution >= 4 is 24.2 Å². The Morgan fingerprint density at radius 3 is 2.39 bits per heavy atom. The van der Waals surface area contributed by atoms with Crippen molar-refractivity contribution in [3.05, 3.63) is 54.1 Å². The van der Waals surface area contributed by atoms with Gasteiger partial charge >= 0.3 is 0 Å². The van der Waals surface area contributed by atoms with Crippen LogP contribution in [0.25, 0.3) is 0 Å². The standard InChI is InChI=1S/C14H15NOS.ClH/c1-16-12-5-7-13(8-6-12)17-14-4-2-3-11(9-14)10-15;/h2-9H,10,15H2,1H3;1H. The van der Waals surface area contributed by atoms with Crippen molar-refractivity contribution in [2.75, 3.05) is 7.11 Å².